The number of imide groups is 1. The molecule has 1 atom stereocenters. The number of carbonyl (C=O) groups is 2. The molecule has 3 N–H and O–H groups in total. The van der Waals surface area contributed by atoms with Crippen LogP contribution in [0.4, 0.5) is 10.5 Å². The predicted molar refractivity (Wildman–Crippen MR) is 65.4 cm³/mol. The molecule has 0 radical (unpaired) electrons. The summed E-state index contributed by atoms with van der Waals surface area (Å²) in [4.78, 5) is 24.9. The molecule has 2 aliphatic heterocycles. The molecule has 2 aliphatic rings. The van der Waals surface area contributed by atoms with E-state index in [2.05, 4.69) is 10.6 Å². The zero-order chi connectivity index (χ0) is 12.6. The first-order valence-electron chi connectivity index (χ1n) is 6.23. The van der Waals surface area contributed by atoms with Gasteiger partial charge in [0.15, 0.2) is 5.54 Å². The van der Waals surface area contributed by atoms with E-state index in [1.54, 1.807) is 0 Å². The molecule has 1 aromatic carbocycles. The molecule has 0 bridgehead atoms. The minimum Gasteiger partial charge on any atom is -0.316 e. The van der Waals surface area contributed by atoms with Crippen LogP contribution in [-0.4, -0.2) is 30.6 Å². The van der Waals surface area contributed by atoms with E-state index in [4.69, 9.17) is 0 Å². The topological polar surface area (TPSA) is 62.6 Å². The summed E-state index contributed by atoms with van der Waals surface area (Å²) in [5.41, 5.74) is 0.242. The molecule has 18 heavy (non-hydrogen) atoms. The van der Waals surface area contributed by atoms with Gasteiger partial charge in [0.2, 0.25) is 0 Å². The van der Waals surface area contributed by atoms with Crippen molar-refractivity contribution < 1.29 is 14.5 Å². The SMILES string of the molecule is O=C1NC(=O)C2(CCNCC2)[NH+]1c1ccccc1. The standard InChI is InChI=1S/C13H15N3O2/c17-11-13(6-8-14-9-7-13)16(12(18)15-11)10-4-2-1-3-5-10/h1-5,14H,6-9H2,(H,15,17,18)/p+1. The van der Waals surface area contributed by atoms with Crippen molar-refractivity contribution in [1.29, 1.82) is 0 Å². The van der Waals surface area contributed by atoms with E-state index in [-0.39, 0.29) is 11.9 Å². The Kier molecular flexibility index (Phi) is 2.65. The second-order valence-corrected chi connectivity index (χ2v) is 4.86. The van der Waals surface area contributed by atoms with Crippen molar-refractivity contribution in [2.45, 2.75) is 18.4 Å². The minimum atomic E-state index is -0.621. The van der Waals surface area contributed by atoms with Gasteiger partial charge < -0.3 is 5.32 Å². The summed E-state index contributed by atoms with van der Waals surface area (Å²) in [5, 5.41) is 5.72. The number of quaternary nitrogens is 1. The van der Waals surface area contributed by atoms with E-state index >= 15 is 0 Å². The maximum atomic E-state index is 12.2. The molecule has 0 saturated carbocycles. The van der Waals surface area contributed by atoms with Crippen LogP contribution in [0.3, 0.4) is 0 Å². The third kappa shape index (κ3) is 1.55. The second kappa shape index (κ2) is 4.19. The molecule has 5 nitrogen and oxygen atoms in total. The summed E-state index contributed by atoms with van der Waals surface area (Å²) in [6, 6.07) is 9.27. The number of piperidine rings is 1. The Morgan fingerprint density at radius 3 is 2.39 bits per heavy atom. The van der Waals surface area contributed by atoms with Crippen molar-refractivity contribution in [1.82, 2.24) is 10.6 Å². The lowest BCUT2D eigenvalue weighted by Gasteiger charge is -2.33. The maximum absolute atomic E-state index is 12.2. The van der Waals surface area contributed by atoms with Gasteiger partial charge in [0, 0.05) is 25.9 Å². The van der Waals surface area contributed by atoms with E-state index in [0.29, 0.717) is 17.7 Å². The Morgan fingerprint density at radius 2 is 1.72 bits per heavy atom. The summed E-state index contributed by atoms with van der Waals surface area (Å²) in [6.07, 6.45) is 1.38. The number of urea groups is 1. The predicted octanol–water partition coefficient (Wildman–Crippen LogP) is -0.425. The maximum Gasteiger partial charge on any atom is 0.427 e. The molecular formula is C13H16N3O2+. The lowest BCUT2D eigenvalue weighted by atomic mass is 9.86. The third-order valence-electron chi connectivity index (χ3n) is 3.89. The summed E-state index contributed by atoms with van der Waals surface area (Å²) in [5.74, 6) is -0.132. The van der Waals surface area contributed by atoms with Crippen LogP contribution < -0.4 is 15.5 Å². The van der Waals surface area contributed by atoms with Crippen molar-refractivity contribution in [2.75, 3.05) is 13.1 Å². The van der Waals surface area contributed by atoms with Crippen molar-refractivity contribution in [3.05, 3.63) is 30.3 Å². The fourth-order valence-corrected chi connectivity index (χ4v) is 2.96. The zero-order valence-electron chi connectivity index (χ0n) is 10.0. The molecule has 1 unspecified atom stereocenters. The molecule has 3 rings (SSSR count). The largest absolute Gasteiger partial charge is 0.427 e. The Morgan fingerprint density at radius 1 is 1.06 bits per heavy atom. The first kappa shape index (κ1) is 11.4. The van der Waals surface area contributed by atoms with Gasteiger partial charge in [0.25, 0.3) is 5.91 Å². The number of hydrogen-bond acceptors (Lipinski definition) is 3. The van der Waals surface area contributed by atoms with Crippen LogP contribution in [0.2, 0.25) is 0 Å². The fourth-order valence-electron chi connectivity index (χ4n) is 2.96. The quantitative estimate of drug-likeness (QED) is 0.590. The summed E-state index contributed by atoms with van der Waals surface area (Å²) >= 11 is 0. The van der Waals surface area contributed by atoms with Gasteiger partial charge in [-0.2, -0.15) is 0 Å². The summed E-state index contributed by atoms with van der Waals surface area (Å²) in [6.45, 7) is 1.55. The van der Waals surface area contributed by atoms with Crippen molar-refractivity contribution in [2.24, 2.45) is 0 Å². The molecule has 2 fully saturated rings. The van der Waals surface area contributed by atoms with E-state index in [9.17, 15) is 9.59 Å². The van der Waals surface area contributed by atoms with Gasteiger partial charge in [-0.1, -0.05) is 18.2 Å². The molecule has 5 heteroatoms. The summed E-state index contributed by atoms with van der Waals surface area (Å²) in [7, 11) is 0. The number of para-hydroxylation sites is 1. The van der Waals surface area contributed by atoms with Gasteiger partial charge >= 0.3 is 6.03 Å². The fraction of sp³-hybridized carbons (Fsp3) is 0.385. The molecule has 1 aromatic rings. The number of carbonyl (C=O) groups excluding carboxylic acids is 2. The summed E-state index contributed by atoms with van der Waals surface area (Å²) < 4.78 is 0. The second-order valence-electron chi connectivity index (χ2n) is 4.86. The average Bonchev–Trinajstić information content (AvgIpc) is 2.63. The monoisotopic (exact) mass is 246 g/mol. The van der Waals surface area contributed by atoms with Gasteiger partial charge in [-0.25, -0.2) is 15.0 Å². The van der Waals surface area contributed by atoms with Gasteiger partial charge in [-0.3, -0.25) is 4.79 Å². The van der Waals surface area contributed by atoms with Gasteiger partial charge in [0.05, 0.1) is 0 Å². The Balaban J connectivity index is 2.04. The smallest absolute Gasteiger partial charge is 0.316 e. The highest BCUT2D eigenvalue weighted by Gasteiger charge is 2.59. The number of rotatable bonds is 1. The van der Waals surface area contributed by atoms with E-state index in [1.807, 2.05) is 30.3 Å². The van der Waals surface area contributed by atoms with Crippen LogP contribution in [0.25, 0.3) is 0 Å². The van der Waals surface area contributed by atoms with E-state index in [1.165, 1.54) is 0 Å². The molecular weight excluding hydrogens is 230 g/mol. The first-order valence-corrected chi connectivity index (χ1v) is 6.23. The molecule has 94 valence electrons. The molecule has 0 aliphatic carbocycles. The highest BCUT2D eigenvalue weighted by atomic mass is 16.2. The van der Waals surface area contributed by atoms with Crippen LogP contribution in [-0.2, 0) is 4.79 Å². The van der Waals surface area contributed by atoms with Crippen molar-refractivity contribution in [3.63, 3.8) is 0 Å². The van der Waals surface area contributed by atoms with Crippen molar-refractivity contribution >= 4 is 17.6 Å². The zero-order valence-corrected chi connectivity index (χ0v) is 10.0. The Labute approximate surface area is 105 Å². The number of benzene rings is 1. The molecule has 0 aromatic heterocycles. The van der Waals surface area contributed by atoms with Crippen LogP contribution in [0.15, 0.2) is 30.3 Å². The Bertz CT molecular complexity index is 480. The van der Waals surface area contributed by atoms with Gasteiger partial charge in [-0.15, -0.1) is 0 Å². The van der Waals surface area contributed by atoms with E-state index < -0.39 is 5.54 Å². The number of hydrogen-bond donors (Lipinski definition) is 3. The van der Waals surface area contributed by atoms with Gasteiger partial charge in [0.1, 0.15) is 5.69 Å². The highest BCUT2D eigenvalue weighted by Crippen LogP contribution is 2.21. The number of amides is 3. The van der Waals surface area contributed by atoms with Crippen LogP contribution >= 0.6 is 0 Å². The first-order chi connectivity index (χ1) is 8.74. The highest BCUT2D eigenvalue weighted by molar-refractivity contribution is 6.02. The average molecular weight is 246 g/mol. The molecule has 2 saturated heterocycles. The molecule has 1 spiro atoms. The van der Waals surface area contributed by atoms with E-state index in [0.717, 1.165) is 18.8 Å². The Hall–Kier alpha value is -1.72. The van der Waals surface area contributed by atoms with Crippen LogP contribution in [0.1, 0.15) is 12.8 Å². The van der Waals surface area contributed by atoms with Gasteiger partial charge in [-0.05, 0) is 12.1 Å². The lowest BCUT2D eigenvalue weighted by molar-refractivity contribution is -0.789. The van der Waals surface area contributed by atoms with Crippen LogP contribution in [0, 0.1) is 0 Å². The minimum absolute atomic E-state index is 0.132. The third-order valence-corrected chi connectivity index (χ3v) is 3.89. The molecule has 2 heterocycles. The van der Waals surface area contributed by atoms with Crippen molar-refractivity contribution in [3.8, 4) is 0 Å². The lowest BCUT2D eigenvalue weighted by Crippen LogP contribution is -3.17. The number of nitrogens with one attached hydrogen (secondary N) is 3. The molecule has 3 amide bonds. The normalized spacial score (nSPS) is 26.3. The van der Waals surface area contributed by atoms with Crippen LogP contribution in [0.5, 0.6) is 0 Å².